The lowest BCUT2D eigenvalue weighted by Gasteiger charge is -2.14. The Kier molecular flexibility index (Phi) is 4.70. The molecule has 0 fully saturated rings. The van der Waals surface area contributed by atoms with Crippen molar-refractivity contribution in [3.8, 4) is 16.9 Å². The summed E-state index contributed by atoms with van der Waals surface area (Å²) in [5, 5.41) is 11.7. The minimum atomic E-state index is -0.556. The highest BCUT2D eigenvalue weighted by Crippen LogP contribution is 2.38. The third kappa shape index (κ3) is 3.15. The molecule has 0 saturated carbocycles. The molecule has 0 bridgehead atoms. The molecule has 7 heteroatoms. The van der Waals surface area contributed by atoms with Gasteiger partial charge in [0.15, 0.2) is 0 Å². The van der Waals surface area contributed by atoms with E-state index in [0.29, 0.717) is 34.4 Å². The molecule has 6 nitrogen and oxygen atoms in total. The van der Waals surface area contributed by atoms with Crippen LogP contribution in [0.2, 0.25) is 5.02 Å². The van der Waals surface area contributed by atoms with Gasteiger partial charge in [-0.2, -0.15) is 0 Å². The molecule has 3 aromatic rings. The number of nitrogens with zero attached hydrogens (tertiary/aromatic N) is 1. The van der Waals surface area contributed by atoms with Gasteiger partial charge in [-0.1, -0.05) is 40.9 Å². The first-order chi connectivity index (χ1) is 12.3. The van der Waals surface area contributed by atoms with Crippen LogP contribution in [0, 0.1) is 24.0 Å². The van der Waals surface area contributed by atoms with Gasteiger partial charge in [0.2, 0.25) is 0 Å². The number of ether oxygens (including phenoxy) is 1. The molecule has 0 unspecified atom stereocenters. The van der Waals surface area contributed by atoms with Crippen molar-refractivity contribution in [3.63, 3.8) is 0 Å². The smallest absolute Gasteiger partial charge is 0.288 e. The van der Waals surface area contributed by atoms with Crippen molar-refractivity contribution in [2.45, 2.75) is 20.8 Å². The van der Waals surface area contributed by atoms with E-state index in [4.69, 9.17) is 16.3 Å². The lowest BCUT2D eigenvalue weighted by Crippen LogP contribution is -2.12. The van der Waals surface area contributed by atoms with Crippen molar-refractivity contribution in [3.05, 3.63) is 66.9 Å². The Morgan fingerprint density at radius 3 is 2.38 bits per heavy atom. The number of aromatic nitrogens is 1. The molecule has 1 N–H and O–H groups in total. The average Bonchev–Trinajstić information content (AvgIpc) is 2.53. The molecule has 26 heavy (non-hydrogen) atoms. The maximum Gasteiger partial charge on any atom is 0.288 e. The van der Waals surface area contributed by atoms with Gasteiger partial charge in [-0.05, 0) is 32.4 Å². The number of rotatable bonds is 4. The molecule has 0 amide bonds. The van der Waals surface area contributed by atoms with Crippen molar-refractivity contribution in [2.75, 3.05) is 6.61 Å². The molecule has 1 aromatic heterocycles. The Bertz CT molecular complexity index is 1070. The fourth-order valence-electron chi connectivity index (χ4n) is 3.09. The molecular formula is C19H17ClN2O4. The van der Waals surface area contributed by atoms with E-state index in [0.717, 1.165) is 11.1 Å². The lowest BCUT2D eigenvalue weighted by atomic mass is 9.99. The highest BCUT2D eigenvalue weighted by Gasteiger charge is 2.21. The van der Waals surface area contributed by atoms with Crippen molar-refractivity contribution in [1.29, 1.82) is 0 Å². The average molecular weight is 373 g/mol. The Morgan fingerprint density at radius 2 is 1.81 bits per heavy atom. The number of nitro groups is 1. The van der Waals surface area contributed by atoms with Crippen molar-refractivity contribution in [2.24, 2.45) is 0 Å². The van der Waals surface area contributed by atoms with Crippen LogP contribution in [0.1, 0.15) is 18.1 Å². The van der Waals surface area contributed by atoms with Gasteiger partial charge in [-0.15, -0.1) is 0 Å². The van der Waals surface area contributed by atoms with Crippen LogP contribution in [-0.2, 0) is 0 Å². The standard InChI is InChI=1S/C19H17ClN2O4/c1-4-26-18-13-8-16(22(24)25)14(20)9-15(13)21-19(23)17(18)12-6-10(2)5-11(3)7-12/h5-9H,4H2,1-3H3,(H,21,23). The Labute approximate surface area is 154 Å². The van der Waals surface area contributed by atoms with E-state index < -0.39 is 4.92 Å². The van der Waals surface area contributed by atoms with Crippen molar-refractivity contribution >= 4 is 28.2 Å². The fourth-order valence-corrected chi connectivity index (χ4v) is 3.32. The molecule has 2 aromatic carbocycles. The van der Waals surface area contributed by atoms with Crippen LogP contribution in [-0.4, -0.2) is 16.5 Å². The Hall–Kier alpha value is -2.86. The highest BCUT2D eigenvalue weighted by atomic mass is 35.5. The molecule has 0 aliphatic rings. The summed E-state index contributed by atoms with van der Waals surface area (Å²) in [6.45, 7) is 5.99. The number of hydrogen-bond acceptors (Lipinski definition) is 4. The quantitative estimate of drug-likeness (QED) is 0.528. The van der Waals surface area contributed by atoms with Gasteiger partial charge in [0.05, 0.1) is 22.6 Å². The maximum atomic E-state index is 12.8. The number of pyridine rings is 1. The zero-order chi connectivity index (χ0) is 19.0. The number of nitro benzene ring substituents is 1. The maximum absolute atomic E-state index is 12.8. The van der Waals surface area contributed by atoms with E-state index in [1.54, 1.807) is 6.92 Å². The van der Waals surface area contributed by atoms with Crippen LogP contribution in [0.15, 0.2) is 35.1 Å². The number of fused-ring (bicyclic) bond motifs is 1. The van der Waals surface area contributed by atoms with Gasteiger partial charge in [-0.3, -0.25) is 14.9 Å². The summed E-state index contributed by atoms with van der Waals surface area (Å²) >= 11 is 5.97. The largest absolute Gasteiger partial charge is 0.492 e. The SMILES string of the molecule is CCOc1c(-c2cc(C)cc(C)c2)c(=O)[nH]c2cc(Cl)c([N+](=O)[O-])cc12. The van der Waals surface area contributed by atoms with Gasteiger partial charge < -0.3 is 9.72 Å². The summed E-state index contributed by atoms with van der Waals surface area (Å²) in [4.78, 5) is 26.2. The van der Waals surface area contributed by atoms with Crippen LogP contribution in [0.5, 0.6) is 5.75 Å². The molecule has 3 rings (SSSR count). The third-order valence-corrected chi connectivity index (χ3v) is 4.33. The molecule has 0 atom stereocenters. The molecule has 0 aliphatic carbocycles. The van der Waals surface area contributed by atoms with E-state index in [9.17, 15) is 14.9 Å². The zero-order valence-corrected chi connectivity index (χ0v) is 15.3. The Balaban J connectivity index is 2.44. The van der Waals surface area contributed by atoms with E-state index in [1.807, 2.05) is 32.0 Å². The fraction of sp³-hybridized carbons (Fsp3) is 0.211. The predicted molar refractivity (Wildman–Crippen MR) is 102 cm³/mol. The van der Waals surface area contributed by atoms with Crippen molar-refractivity contribution < 1.29 is 9.66 Å². The third-order valence-electron chi connectivity index (χ3n) is 4.03. The summed E-state index contributed by atoms with van der Waals surface area (Å²) in [6.07, 6.45) is 0. The van der Waals surface area contributed by atoms with E-state index >= 15 is 0 Å². The van der Waals surface area contributed by atoms with Crippen molar-refractivity contribution in [1.82, 2.24) is 4.98 Å². The van der Waals surface area contributed by atoms with Crippen LogP contribution < -0.4 is 10.3 Å². The number of H-pyrrole nitrogens is 1. The van der Waals surface area contributed by atoms with Crippen LogP contribution in [0.25, 0.3) is 22.0 Å². The summed E-state index contributed by atoms with van der Waals surface area (Å²) in [5.41, 5.74) is 2.87. The highest BCUT2D eigenvalue weighted by molar-refractivity contribution is 6.33. The second kappa shape index (κ2) is 6.80. The molecular weight excluding hydrogens is 356 g/mol. The number of hydrogen-bond donors (Lipinski definition) is 1. The molecule has 0 radical (unpaired) electrons. The molecule has 0 saturated heterocycles. The first-order valence-corrected chi connectivity index (χ1v) is 8.45. The lowest BCUT2D eigenvalue weighted by molar-refractivity contribution is -0.384. The van der Waals surface area contributed by atoms with Crippen LogP contribution >= 0.6 is 11.6 Å². The number of halogens is 1. The molecule has 0 aliphatic heterocycles. The van der Waals surface area contributed by atoms with E-state index in [-0.39, 0.29) is 16.3 Å². The topological polar surface area (TPSA) is 85.2 Å². The molecule has 134 valence electrons. The van der Waals surface area contributed by atoms with E-state index in [1.165, 1.54) is 12.1 Å². The number of nitrogens with one attached hydrogen (secondary N) is 1. The number of aromatic amines is 1. The van der Waals surface area contributed by atoms with Gasteiger partial charge in [-0.25, -0.2) is 0 Å². The second-order valence-electron chi connectivity index (χ2n) is 6.07. The second-order valence-corrected chi connectivity index (χ2v) is 6.48. The minimum absolute atomic E-state index is 0.0419. The van der Waals surface area contributed by atoms with E-state index in [2.05, 4.69) is 4.98 Å². The zero-order valence-electron chi connectivity index (χ0n) is 14.6. The Morgan fingerprint density at radius 1 is 1.15 bits per heavy atom. The number of benzene rings is 2. The summed E-state index contributed by atoms with van der Waals surface area (Å²) in [7, 11) is 0. The molecule has 1 heterocycles. The van der Waals surface area contributed by atoms with Gasteiger partial charge in [0.1, 0.15) is 10.8 Å². The van der Waals surface area contributed by atoms with Gasteiger partial charge >= 0.3 is 0 Å². The predicted octanol–water partition coefficient (Wildman–Crippen LogP) is 4.77. The normalized spacial score (nSPS) is 10.9. The molecule has 0 spiro atoms. The van der Waals surface area contributed by atoms with Crippen LogP contribution in [0.3, 0.4) is 0 Å². The summed E-state index contributed by atoms with van der Waals surface area (Å²) in [6, 6.07) is 8.49. The first kappa shape index (κ1) is 17.9. The van der Waals surface area contributed by atoms with Gasteiger partial charge in [0, 0.05) is 11.5 Å². The number of aryl methyl sites for hydroxylation is 2. The summed E-state index contributed by atoms with van der Waals surface area (Å²) in [5.74, 6) is 0.316. The monoisotopic (exact) mass is 372 g/mol. The first-order valence-electron chi connectivity index (χ1n) is 8.07. The minimum Gasteiger partial charge on any atom is -0.492 e. The van der Waals surface area contributed by atoms with Crippen LogP contribution in [0.4, 0.5) is 5.69 Å². The van der Waals surface area contributed by atoms with Gasteiger partial charge in [0.25, 0.3) is 11.2 Å². The summed E-state index contributed by atoms with van der Waals surface area (Å²) < 4.78 is 5.75.